The molecule has 0 bridgehead atoms. The van der Waals surface area contributed by atoms with E-state index in [1.165, 1.54) is 19.2 Å². The highest BCUT2D eigenvalue weighted by atomic mass is 35.5. The van der Waals surface area contributed by atoms with Crippen molar-refractivity contribution in [3.63, 3.8) is 0 Å². The summed E-state index contributed by atoms with van der Waals surface area (Å²) in [6, 6.07) is 4.63. The van der Waals surface area contributed by atoms with Gasteiger partial charge < -0.3 is 15.2 Å². The van der Waals surface area contributed by atoms with Gasteiger partial charge in [0.15, 0.2) is 0 Å². The Kier molecular flexibility index (Phi) is 4.18. The standard InChI is InChI=1S/C14H16ClNO4/c1-20-11-8-9(15)4-5-10(11)12(17)16-14(13(18)19)6-2-3-7-14/h4-5,8H,2-3,6-7H2,1H3,(H,16,17)(H,18,19). The van der Waals surface area contributed by atoms with Crippen molar-refractivity contribution in [1.82, 2.24) is 5.32 Å². The van der Waals surface area contributed by atoms with Crippen LogP contribution in [0.3, 0.4) is 0 Å². The molecule has 108 valence electrons. The van der Waals surface area contributed by atoms with E-state index in [0.717, 1.165) is 12.8 Å². The molecule has 1 aromatic carbocycles. The molecule has 0 heterocycles. The van der Waals surface area contributed by atoms with Crippen molar-refractivity contribution in [3.8, 4) is 5.75 Å². The first kappa shape index (κ1) is 14.7. The van der Waals surface area contributed by atoms with Gasteiger partial charge in [0.25, 0.3) is 5.91 Å². The number of carboxylic acid groups (broad SMARTS) is 1. The van der Waals surface area contributed by atoms with E-state index in [4.69, 9.17) is 16.3 Å². The lowest BCUT2D eigenvalue weighted by molar-refractivity contribution is -0.144. The van der Waals surface area contributed by atoms with Gasteiger partial charge in [-0.2, -0.15) is 0 Å². The molecule has 5 nitrogen and oxygen atoms in total. The third-order valence-electron chi connectivity index (χ3n) is 3.63. The minimum atomic E-state index is -1.16. The summed E-state index contributed by atoms with van der Waals surface area (Å²) in [6.07, 6.45) is 2.49. The molecule has 20 heavy (non-hydrogen) atoms. The van der Waals surface area contributed by atoms with E-state index in [-0.39, 0.29) is 5.56 Å². The van der Waals surface area contributed by atoms with E-state index in [2.05, 4.69) is 5.32 Å². The Hall–Kier alpha value is -1.75. The quantitative estimate of drug-likeness (QED) is 0.895. The number of carbonyl (C=O) groups is 2. The number of methoxy groups -OCH3 is 1. The van der Waals surface area contributed by atoms with Crippen LogP contribution in [0.15, 0.2) is 18.2 Å². The SMILES string of the molecule is COc1cc(Cl)ccc1C(=O)NC1(C(=O)O)CCCC1. The van der Waals surface area contributed by atoms with Crippen LogP contribution in [0.4, 0.5) is 0 Å². The predicted octanol–water partition coefficient (Wildman–Crippen LogP) is 2.48. The minimum absolute atomic E-state index is 0.282. The Labute approximate surface area is 121 Å². The monoisotopic (exact) mass is 297 g/mol. The fraction of sp³-hybridized carbons (Fsp3) is 0.429. The van der Waals surface area contributed by atoms with Gasteiger partial charge in [0.05, 0.1) is 12.7 Å². The van der Waals surface area contributed by atoms with Gasteiger partial charge >= 0.3 is 5.97 Å². The molecule has 0 aliphatic heterocycles. The van der Waals surface area contributed by atoms with Gasteiger partial charge in [-0.1, -0.05) is 24.4 Å². The zero-order valence-electron chi connectivity index (χ0n) is 11.1. The second-order valence-corrected chi connectivity index (χ2v) is 5.33. The second-order valence-electron chi connectivity index (χ2n) is 4.89. The van der Waals surface area contributed by atoms with Crippen molar-refractivity contribution in [2.45, 2.75) is 31.2 Å². The zero-order chi connectivity index (χ0) is 14.8. The lowest BCUT2D eigenvalue weighted by Gasteiger charge is -2.25. The van der Waals surface area contributed by atoms with Crippen LogP contribution in [-0.4, -0.2) is 29.6 Å². The third-order valence-corrected chi connectivity index (χ3v) is 3.86. The van der Waals surface area contributed by atoms with Gasteiger partial charge in [0.1, 0.15) is 11.3 Å². The predicted molar refractivity (Wildman–Crippen MR) is 74.3 cm³/mol. The van der Waals surface area contributed by atoms with E-state index >= 15 is 0 Å². The van der Waals surface area contributed by atoms with Crippen LogP contribution in [0.2, 0.25) is 5.02 Å². The summed E-state index contributed by atoms with van der Waals surface area (Å²) in [5.74, 6) is -1.12. The molecule has 0 aromatic heterocycles. The lowest BCUT2D eigenvalue weighted by atomic mass is 9.97. The van der Waals surface area contributed by atoms with Crippen LogP contribution >= 0.6 is 11.6 Å². The molecule has 0 spiro atoms. The zero-order valence-corrected chi connectivity index (χ0v) is 11.9. The van der Waals surface area contributed by atoms with E-state index < -0.39 is 17.4 Å². The topological polar surface area (TPSA) is 75.6 Å². The number of ether oxygens (including phenoxy) is 1. The minimum Gasteiger partial charge on any atom is -0.496 e. The fourth-order valence-corrected chi connectivity index (χ4v) is 2.67. The summed E-state index contributed by atoms with van der Waals surface area (Å²) < 4.78 is 5.11. The number of aliphatic carboxylic acids is 1. The smallest absolute Gasteiger partial charge is 0.329 e. The molecule has 0 atom stereocenters. The Morgan fingerprint density at radius 2 is 2.00 bits per heavy atom. The number of rotatable bonds is 4. The third kappa shape index (κ3) is 2.72. The number of hydrogen-bond acceptors (Lipinski definition) is 3. The first-order chi connectivity index (χ1) is 9.48. The van der Waals surface area contributed by atoms with Gasteiger partial charge in [-0.25, -0.2) is 4.79 Å². The Bertz CT molecular complexity index is 538. The molecule has 0 radical (unpaired) electrons. The van der Waals surface area contributed by atoms with E-state index in [0.29, 0.717) is 23.6 Å². The molecule has 1 aromatic rings. The normalized spacial score (nSPS) is 16.7. The molecule has 6 heteroatoms. The van der Waals surface area contributed by atoms with Crippen LogP contribution in [0.25, 0.3) is 0 Å². The number of hydrogen-bond donors (Lipinski definition) is 2. The van der Waals surface area contributed by atoms with Crippen LogP contribution in [0.1, 0.15) is 36.0 Å². The number of halogens is 1. The number of carboxylic acids is 1. The molecule has 1 amide bonds. The van der Waals surface area contributed by atoms with Crippen molar-refractivity contribution >= 4 is 23.5 Å². The number of carbonyl (C=O) groups excluding carboxylic acids is 1. The molecular formula is C14H16ClNO4. The first-order valence-corrected chi connectivity index (χ1v) is 6.76. The highest BCUT2D eigenvalue weighted by Gasteiger charge is 2.43. The van der Waals surface area contributed by atoms with Gasteiger partial charge in [-0.15, -0.1) is 0 Å². The Morgan fingerprint density at radius 3 is 2.55 bits per heavy atom. The number of benzene rings is 1. The van der Waals surface area contributed by atoms with Gasteiger partial charge in [-0.3, -0.25) is 4.79 Å². The maximum absolute atomic E-state index is 12.3. The summed E-state index contributed by atoms with van der Waals surface area (Å²) in [5.41, 5.74) is -0.883. The van der Waals surface area contributed by atoms with Crippen molar-refractivity contribution < 1.29 is 19.4 Å². The van der Waals surface area contributed by atoms with Crippen LogP contribution in [-0.2, 0) is 4.79 Å². The average molecular weight is 298 g/mol. The molecule has 2 N–H and O–H groups in total. The Balaban J connectivity index is 2.26. The molecule has 0 unspecified atom stereocenters. The first-order valence-electron chi connectivity index (χ1n) is 6.38. The maximum atomic E-state index is 12.3. The molecule has 1 fully saturated rings. The highest BCUT2D eigenvalue weighted by molar-refractivity contribution is 6.30. The van der Waals surface area contributed by atoms with E-state index in [1.807, 2.05) is 0 Å². The van der Waals surface area contributed by atoms with Gasteiger partial charge in [-0.05, 0) is 31.0 Å². The summed E-state index contributed by atoms with van der Waals surface area (Å²) >= 11 is 5.84. The van der Waals surface area contributed by atoms with Crippen LogP contribution in [0.5, 0.6) is 5.75 Å². The van der Waals surface area contributed by atoms with Crippen molar-refractivity contribution in [3.05, 3.63) is 28.8 Å². The van der Waals surface area contributed by atoms with E-state index in [9.17, 15) is 14.7 Å². The summed E-state index contributed by atoms with van der Waals surface area (Å²) in [5, 5.41) is 12.5. The number of amides is 1. The maximum Gasteiger partial charge on any atom is 0.329 e. The van der Waals surface area contributed by atoms with Crippen LogP contribution < -0.4 is 10.1 Å². The highest BCUT2D eigenvalue weighted by Crippen LogP contribution is 2.31. The van der Waals surface area contributed by atoms with Gasteiger partial charge in [0.2, 0.25) is 0 Å². The largest absolute Gasteiger partial charge is 0.496 e. The van der Waals surface area contributed by atoms with Crippen LogP contribution in [0, 0.1) is 0 Å². The van der Waals surface area contributed by atoms with E-state index in [1.54, 1.807) is 6.07 Å². The molecule has 1 aliphatic rings. The Morgan fingerprint density at radius 1 is 1.35 bits per heavy atom. The fourth-order valence-electron chi connectivity index (χ4n) is 2.51. The lowest BCUT2D eigenvalue weighted by Crippen LogP contribution is -2.52. The molecule has 1 saturated carbocycles. The molecule has 0 saturated heterocycles. The molecule has 1 aliphatic carbocycles. The average Bonchev–Trinajstić information content (AvgIpc) is 2.88. The molecule has 2 rings (SSSR count). The van der Waals surface area contributed by atoms with Crippen molar-refractivity contribution in [2.75, 3.05) is 7.11 Å². The summed E-state index contributed by atoms with van der Waals surface area (Å²) in [4.78, 5) is 23.7. The van der Waals surface area contributed by atoms with Crippen molar-refractivity contribution in [2.24, 2.45) is 0 Å². The summed E-state index contributed by atoms with van der Waals surface area (Å²) in [6.45, 7) is 0. The summed E-state index contributed by atoms with van der Waals surface area (Å²) in [7, 11) is 1.44. The molecular weight excluding hydrogens is 282 g/mol. The number of nitrogens with one attached hydrogen (secondary N) is 1. The van der Waals surface area contributed by atoms with Crippen molar-refractivity contribution in [1.29, 1.82) is 0 Å². The van der Waals surface area contributed by atoms with Gasteiger partial charge in [0, 0.05) is 5.02 Å². The second kappa shape index (κ2) is 5.71.